The summed E-state index contributed by atoms with van der Waals surface area (Å²) in [5, 5.41) is 0. The summed E-state index contributed by atoms with van der Waals surface area (Å²) in [4.78, 5) is 0. The van der Waals surface area contributed by atoms with Crippen molar-refractivity contribution in [2.24, 2.45) is 0 Å². The highest BCUT2D eigenvalue weighted by Gasteiger charge is 0.454. The molecule has 0 heterocycles. The van der Waals surface area contributed by atoms with Gasteiger partial charge in [0.2, 0.25) is 0 Å². The second kappa shape index (κ2) is 385. The molecule has 0 bridgehead atoms. The summed E-state index contributed by atoms with van der Waals surface area (Å²) in [6.07, 6.45) is 8.00. The van der Waals surface area contributed by atoms with Gasteiger partial charge in [0.05, 0.1) is 8.41 Å². The summed E-state index contributed by atoms with van der Waals surface area (Å²) >= 11 is 0. The van der Waals surface area contributed by atoms with Crippen molar-refractivity contribution in [1.82, 2.24) is 0 Å². The lowest BCUT2D eigenvalue weighted by Gasteiger charge is -0.701. The molecule has 0 aromatic rings. The molecule has 0 aliphatic rings. The van der Waals surface area contributed by atoms with Gasteiger partial charge in [-0.3, -0.25) is 0 Å². The second-order valence-electron chi connectivity index (χ2n) is 0. The zero-order valence-electron chi connectivity index (χ0n) is 1.15. The zero-order valence-corrected chi connectivity index (χ0v) is 1.15. The highest BCUT2D eigenvalue weighted by atomic mass is 28.1. The van der Waals surface area contributed by atoms with Gasteiger partial charge < -0.3 is 0 Å². The summed E-state index contributed by atoms with van der Waals surface area (Å²) in [6, 6.07) is 0. The van der Waals surface area contributed by atoms with E-state index < -0.39 is 0 Å². The fourth-order valence-electron chi connectivity index (χ4n) is 0. The van der Waals surface area contributed by atoms with Gasteiger partial charge in [-0.05, 0) is 11.0 Å². The van der Waals surface area contributed by atoms with Crippen LogP contribution in [0.15, 0.2) is 0 Å². The van der Waals surface area contributed by atoms with Crippen molar-refractivity contribution in [1.29, 1.82) is 0 Å². The van der Waals surface area contributed by atoms with Gasteiger partial charge in [-0.15, -0.1) is 12.8 Å². The van der Waals surface area contributed by atoms with Gasteiger partial charge in [0, 0.05) is 0 Å². The summed E-state index contributed by atoms with van der Waals surface area (Å²) in [5.41, 5.74) is 0. The maximum Gasteiger partial charge on any atom is 0.0814 e. The zero-order chi connectivity index (χ0) is 2.00. The Morgan fingerprint density at radius 3 is 1.00 bits per heavy atom. The van der Waals surface area contributed by atoms with E-state index in [1.54, 1.807) is 0 Å². The third-order valence-electron chi connectivity index (χ3n) is 0. The van der Waals surface area contributed by atoms with Gasteiger partial charge in [0.1, 0.15) is 0 Å². The van der Waals surface area contributed by atoms with E-state index in [4.69, 9.17) is 0 Å². The van der Waals surface area contributed by atoms with Crippen LogP contribution in [0.25, 0.3) is 0 Å². The Labute approximate surface area is 33.2 Å². The molecule has 0 aromatic heterocycles. The molecule has 4 heavy (non-hydrogen) atoms. The maximum atomic E-state index is 4.00. The molecule has 0 aromatic carbocycles. The summed E-state index contributed by atoms with van der Waals surface area (Å²) in [6.45, 7) is 0. The van der Waals surface area contributed by atoms with Gasteiger partial charge in [-0.25, -0.2) is 0 Å². The van der Waals surface area contributed by atoms with Gasteiger partial charge in [-0.1, -0.05) is 0 Å². The Bertz CT molecular complexity index is 10.8. The Kier molecular flexibility index (Phi) is 4220. The van der Waals surface area contributed by atoms with Crippen molar-refractivity contribution < 1.29 is 0 Å². The van der Waals surface area contributed by atoms with E-state index in [1.807, 2.05) is 0 Å². The summed E-state index contributed by atoms with van der Waals surface area (Å²) in [7, 11) is 0. The summed E-state index contributed by atoms with van der Waals surface area (Å²) in [5.74, 6) is 0. The Hall–Kier alpha value is -0.158. The molecule has 0 N–H and O–H groups in total. The number of terminal acetylenes is 1. The molecular weight excluding hydrogens is 62.9 g/mol. The Morgan fingerprint density at radius 2 is 1.00 bits per heavy atom. The molecule has 24 valence electrons. The van der Waals surface area contributed by atoms with Crippen molar-refractivity contribution in [3.05, 3.63) is 0 Å². The van der Waals surface area contributed by atoms with Crippen LogP contribution in [-0.2, 0) is 0 Å². The van der Waals surface area contributed by atoms with Crippen LogP contribution in [0.3, 0.4) is 0 Å². The number of hydrogen-bond acceptors (Lipinski definition) is 0. The smallest absolute Gasteiger partial charge is 0.0814 e. The SMILES string of the molecule is B.C#C.[SiH4]. The molecule has 0 aliphatic heterocycles. The van der Waals surface area contributed by atoms with E-state index in [9.17, 15) is 0 Å². The first kappa shape index (κ1) is 43.8. The molecule has 0 fully saturated rings. The molecular formula is C2H9BSi. The largest absolute Gasteiger partial charge is 0.124 e. The van der Waals surface area contributed by atoms with Gasteiger partial charge in [0.15, 0.2) is 0 Å². The quantitative estimate of drug-likeness (QED) is 0.221. The molecule has 0 radical (unpaired) electrons. The molecule has 0 rings (SSSR count). The van der Waals surface area contributed by atoms with E-state index in [1.165, 1.54) is 0 Å². The van der Waals surface area contributed by atoms with Crippen LogP contribution in [0.1, 0.15) is 0 Å². The molecule has 0 amide bonds. The Morgan fingerprint density at radius 1 is 1.00 bits per heavy atom. The third-order valence-corrected chi connectivity index (χ3v) is 0. The fraction of sp³-hybridized carbons (Fsp3) is 0. The first-order valence-electron chi connectivity index (χ1n) is 0.333. The molecule has 2 heteroatoms. The summed E-state index contributed by atoms with van der Waals surface area (Å²) < 4.78 is 0. The maximum absolute atomic E-state index is 4.00. The van der Waals surface area contributed by atoms with E-state index in [0.29, 0.717) is 0 Å². The number of rotatable bonds is 0. The van der Waals surface area contributed by atoms with E-state index >= 15 is 0 Å². The topological polar surface area (TPSA) is 0 Å². The molecule has 0 nitrogen and oxygen atoms in total. The van der Waals surface area contributed by atoms with Crippen molar-refractivity contribution in [2.75, 3.05) is 0 Å². The molecule has 0 saturated heterocycles. The minimum Gasteiger partial charge on any atom is -0.124 e. The van der Waals surface area contributed by atoms with Crippen LogP contribution in [0.4, 0.5) is 0 Å². The standard InChI is InChI=1S/C2H2.BH3.H4Si/c1-2;;/h1-2H;1H3;1H4. The van der Waals surface area contributed by atoms with E-state index in [0.717, 1.165) is 0 Å². The molecule has 0 spiro atoms. The molecule has 0 unspecified atom stereocenters. The highest BCUT2D eigenvalue weighted by molar-refractivity contribution is 5.76. The van der Waals surface area contributed by atoms with Crippen molar-refractivity contribution in [2.45, 2.75) is 0 Å². The van der Waals surface area contributed by atoms with Crippen molar-refractivity contribution in [3.63, 3.8) is 0 Å². The van der Waals surface area contributed by atoms with E-state index in [2.05, 4.69) is 12.8 Å². The Balaban J connectivity index is -0.00000000500. The van der Waals surface area contributed by atoms with Crippen LogP contribution < -0.4 is 0 Å². The lowest BCUT2D eigenvalue weighted by atomic mass is 10.8. The average molecular weight is 72.0 g/mol. The third kappa shape index (κ3) is 52.2. The minimum absolute atomic E-state index is 0. The highest BCUT2D eigenvalue weighted by Crippen LogP contribution is 0.579. The first-order chi connectivity index (χ1) is 1.00. The minimum atomic E-state index is 0. The molecule has 0 atom stereocenters. The lowest BCUT2D eigenvalue weighted by Crippen LogP contribution is -0.576. The molecule has 0 aliphatic carbocycles. The van der Waals surface area contributed by atoms with Crippen LogP contribution in [0.5, 0.6) is 0 Å². The van der Waals surface area contributed by atoms with Crippen LogP contribution in [0.2, 0.25) is 0 Å². The monoisotopic (exact) mass is 72.1 g/mol. The number of hydrogen-bond donors (Lipinski definition) is 0. The fourth-order valence-corrected chi connectivity index (χ4v) is 0. The van der Waals surface area contributed by atoms with Crippen molar-refractivity contribution in [3.8, 4) is 12.8 Å². The first-order valence-corrected chi connectivity index (χ1v) is 0.333. The van der Waals surface area contributed by atoms with Crippen LogP contribution >= 0.6 is 0 Å². The van der Waals surface area contributed by atoms with Crippen LogP contribution in [-0.4, -0.2) is 19.4 Å². The van der Waals surface area contributed by atoms with Gasteiger partial charge in [0.25, 0.3) is 0 Å². The van der Waals surface area contributed by atoms with Crippen molar-refractivity contribution >= 4 is 19.4 Å². The van der Waals surface area contributed by atoms with Gasteiger partial charge in [-0.2, -0.15) is 0 Å². The lowest BCUT2D eigenvalue weighted by molar-refractivity contribution is 3.31. The normalized spacial score (nSPS) is 0.500. The second-order valence-corrected chi connectivity index (χ2v) is 0. The average Bonchev–Trinajstić information content (AvgIpc) is 1.00. The van der Waals surface area contributed by atoms with Gasteiger partial charge >= 0.3 is 0 Å². The van der Waals surface area contributed by atoms with E-state index in [-0.39, 0.29) is 19.4 Å². The predicted octanol–water partition coefficient (Wildman–Crippen LogP) is -2.39. The predicted molar refractivity (Wildman–Crippen MR) is 31.2 cm³/mol. The molecule has 0 saturated carbocycles. The van der Waals surface area contributed by atoms with Crippen LogP contribution in [0, 0.1) is 12.8 Å².